The highest BCUT2D eigenvalue weighted by atomic mass is 16.3. The minimum absolute atomic E-state index is 0.168. The van der Waals surface area contributed by atoms with E-state index in [1.807, 2.05) is 0 Å². The van der Waals surface area contributed by atoms with Gasteiger partial charge >= 0.3 is 0 Å². The third kappa shape index (κ3) is 0.743. The van der Waals surface area contributed by atoms with E-state index < -0.39 is 0 Å². The van der Waals surface area contributed by atoms with Gasteiger partial charge in [-0.25, -0.2) is 0 Å². The molecule has 0 aromatic heterocycles. The molecule has 0 radical (unpaired) electrons. The molecule has 3 fully saturated rings. The van der Waals surface area contributed by atoms with Crippen molar-refractivity contribution in [2.75, 3.05) is 0 Å². The highest BCUT2D eigenvalue weighted by Gasteiger charge is 2.72. The van der Waals surface area contributed by atoms with Gasteiger partial charge < -0.3 is 5.11 Å². The van der Waals surface area contributed by atoms with Gasteiger partial charge in [0.15, 0.2) is 0 Å². The van der Waals surface area contributed by atoms with E-state index in [4.69, 9.17) is 0 Å². The summed E-state index contributed by atoms with van der Waals surface area (Å²) in [7, 11) is 0. The molecule has 0 spiro atoms. The summed E-state index contributed by atoms with van der Waals surface area (Å²) in [6.45, 7) is 6.95. The monoisotopic (exact) mass is 194 g/mol. The summed E-state index contributed by atoms with van der Waals surface area (Å²) in [5.41, 5.74) is 0.0619. The topological polar surface area (TPSA) is 20.2 Å². The predicted molar refractivity (Wildman–Crippen MR) is 56.9 cm³/mol. The van der Waals surface area contributed by atoms with Crippen LogP contribution in [0, 0.1) is 22.7 Å². The van der Waals surface area contributed by atoms with Crippen LogP contribution in [-0.4, -0.2) is 10.7 Å². The zero-order valence-corrected chi connectivity index (χ0v) is 9.64. The van der Waals surface area contributed by atoms with Gasteiger partial charge in [0.1, 0.15) is 0 Å². The van der Waals surface area contributed by atoms with Crippen LogP contribution in [0.25, 0.3) is 0 Å². The van der Waals surface area contributed by atoms with Gasteiger partial charge in [-0.15, -0.1) is 0 Å². The lowest BCUT2D eigenvalue weighted by molar-refractivity contribution is -0.158. The molecule has 0 amide bonds. The summed E-state index contributed by atoms with van der Waals surface area (Å²) >= 11 is 0. The third-order valence-corrected chi connectivity index (χ3v) is 5.83. The van der Waals surface area contributed by atoms with Crippen LogP contribution >= 0.6 is 0 Å². The van der Waals surface area contributed by atoms with Crippen LogP contribution in [-0.2, 0) is 0 Å². The van der Waals surface area contributed by atoms with E-state index >= 15 is 0 Å². The fourth-order valence-electron chi connectivity index (χ4n) is 4.81. The van der Waals surface area contributed by atoms with Crippen LogP contribution < -0.4 is 0 Å². The maximum Gasteiger partial charge on any atom is 0.0782 e. The molecule has 0 heterocycles. The highest BCUT2D eigenvalue weighted by molar-refractivity contribution is 5.22. The maximum absolute atomic E-state index is 11.1. The minimum atomic E-state index is -0.344. The molecule has 1 heteroatoms. The first-order valence-electron chi connectivity index (χ1n) is 6.14. The number of hydrogen-bond acceptors (Lipinski definition) is 1. The maximum atomic E-state index is 11.1. The van der Waals surface area contributed by atoms with Crippen molar-refractivity contribution in [2.24, 2.45) is 22.7 Å². The molecular formula is C13H22O. The molecule has 0 aromatic carbocycles. The van der Waals surface area contributed by atoms with Gasteiger partial charge in [0.05, 0.1) is 5.60 Å². The van der Waals surface area contributed by atoms with E-state index in [-0.39, 0.29) is 16.4 Å². The van der Waals surface area contributed by atoms with Crippen LogP contribution in [0.3, 0.4) is 0 Å². The first-order chi connectivity index (χ1) is 6.42. The van der Waals surface area contributed by atoms with E-state index in [0.717, 1.165) is 5.92 Å². The molecule has 80 valence electrons. The standard InChI is InChI=1S/C13H22O/c1-11(2)10-6-7-12(3,8-10)13(11,14)9-4-5-9/h9-10,14H,4-8H2,1-3H3. The Hall–Kier alpha value is -0.0400. The summed E-state index contributed by atoms with van der Waals surface area (Å²) in [5.74, 6) is 1.39. The molecule has 2 bridgehead atoms. The van der Waals surface area contributed by atoms with Crippen molar-refractivity contribution in [3.05, 3.63) is 0 Å². The molecule has 14 heavy (non-hydrogen) atoms. The second kappa shape index (κ2) is 2.21. The first kappa shape index (κ1) is 9.21. The molecule has 3 aliphatic rings. The van der Waals surface area contributed by atoms with E-state index in [0.29, 0.717) is 5.92 Å². The Bertz CT molecular complexity index is 272. The Labute approximate surface area is 86.9 Å². The highest BCUT2D eigenvalue weighted by Crippen LogP contribution is 2.73. The normalized spacial score (nSPS) is 55.3. The fourth-order valence-corrected chi connectivity index (χ4v) is 4.81. The second-order valence-electron chi connectivity index (χ2n) is 6.76. The molecule has 3 rings (SSSR count). The van der Waals surface area contributed by atoms with Crippen LogP contribution in [0.15, 0.2) is 0 Å². The van der Waals surface area contributed by atoms with Crippen molar-refractivity contribution < 1.29 is 5.11 Å². The zero-order chi connectivity index (χ0) is 10.2. The van der Waals surface area contributed by atoms with Crippen molar-refractivity contribution in [3.8, 4) is 0 Å². The Balaban J connectivity index is 2.09. The average Bonchev–Trinajstić information content (AvgIpc) is 2.84. The quantitative estimate of drug-likeness (QED) is 0.680. The number of rotatable bonds is 1. The molecule has 3 atom stereocenters. The lowest BCUT2D eigenvalue weighted by atomic mass is 9.58. The van der Waals surface area contributed by atoms with Crippen molar-refractivity contribution >= 4 is 0 Å². The van der Waals surface area contributed by atoms with E-state index in [1.54, 1.807) is 0 Å². The van der Waals surface area contributed by atoms with E-state index in [2.05, 4.69) is 20.8 Å². The van der Waals surface area contributed by atoms with Gasteiger partial charge in [-0.1, -0.05) is 20.8 Å². The van der Waals surface area contributed by atoms with Gasteiger partial charge in [0.2, 0.25) is 0 Å². The van der Waals surface area contributed by atoms with E-state index in [9.17, 15) is 5.11 Å². The lowest BCUT2D eigenvalue weighted by Gasteiger charge is -2.51. The van der Waals surface area contributed by atoms with Crippen LogP contribution in [0.1, 0.15) is 52.9 Å². The minimum Gasteiger partial charge on any atom is -0.388 e. The predicted octanol–water partition coefficient (Wildman–Crippen LogP) is 2.97. The van der Waals surface area contributed by atoms with Crippen molar-refractivity contribution in [1.82, 2.24) is 0 Å². The summed E-state index contributed by atoms with van der Waals surface area (Å²) < 4.78 is 0. The van der Waals surface area contributed by atoms with E-state index in [1.165, 1.54) is 32.1 Å². The molecule has 3 aliphatic carbocycles. The van der Waals surface area contributed by atoms with Gasteiger partial charge in [-0.3, -0.25) is 0 Å². The molecule has 3 unspecified atom stereocenters. The molecular weight excluding hydrogens is 172 g/mol. The summed E-state index contributed by atoms with van der Waals surface area (Å²) in [6, 6.07) is 0. The van der Waals surface area contributed by atoms with Crippen molar-refractivity contribution in [1.29, 1.82) is 0 Å². The van der Waals surface area contributed by atoms with Crippen molar-refractivity contribution in [2.45, 2.75) is 58.5 Å². The smallest absolute Gasteiger partial charge is 0.0782 e. The van der Waals surface area contributed by atoms with Crippen LogP contribution in [0.2, 0.25) is 0 Å². The number of hydrogen-bond donors (Lipinski definition) is 1. The number of aliphatic hydroxyl groups is 1. The first-order valence-corrected chi connectivity index (χ1v) is 6.14. The number of fused-ring (bicyclic) bond motifs is 2. The van der Waals surface area contributed by atoms with Gasteiger partial charge in [-0.05, 0) is 54.8 Å². The molecule has 0 aromatic rings. The zero-order valence-electron chi connectivity index (χ0n) is 9.64. The average molecular weight is 194 g/mol. The SMILES string of the molecule is CC12CCC(C1)C(C)(C)C2(O)C1CC1. The van der Waals surface area contributed by atoms with Gasteiger partial charge in [-0.2, -0.15) is 0 Å². The summed E-state index contributed by atoms with van der Waals surface area (Å²) in [4.78, 5) is 0. The van der Waals surface area contributed by atoms with Crippen LogP contribution in [0.5, 0.6) is 0 Å². The Morgan fingerprint density at radius 1 is 1.00 bits per heavy atom. The van der Waals surface area contributed by atoms with Crippen LogP contribution in [0.4, 0.5) is 0 Å². The Kier molecular flexibility index (Phi) is 1.45. The van der Waals surface area contributed by atoms with Gasteiger partial charge in [0.25, 0.3) is 0 Å². The molecule has 1 nitrogen and oxygen atoms in total. The fraction of sp³-hybridized carbons (Fsp3) is 1.00. The third-order valence-electron chi connectivity index (χ3n) is 5.83. The lowest BCUT2D eigenvalue weighted by Crippen LogP contribution is -2.55. The van der Waals surface area contributed by atoms with Crippen molar-refractivity contribution in [3.63, 3.8) is 0 Å². The van der Waals surface area contributed by atoms with Gasteiger partial charge in [0, 0.05) is 0 Å². The molecule has 3 saturated carbocycles. The Morgan fingerprint density at radius 2 is 1.64 bits per heavy atom. The summed E-state index contributed by atoms with van der Waals surface area (Å²) in [5, 5.41) is 11.1. The molecule has 0 aliphatic heterocycles. The summed E-state index contributed by atoms with van der Waals surface area (Å²) in [6.07, 6.45) is 6.41. The second-order valence-corrected chi connectivity index (χ2v) is 6.76. The molecule has 0 saturated heterocycles. The molecule has 1 N–H and O–H groups in total. The Morgan fingerprint density at radius 3 is 2.07 bits per heavy atom. The largest absolute Gasteiger partial charge is 0.388 e.